The number of benzene rings is 2. The summed E-state index contributed by atoms with van der Waals surface area (Å²) in [5.74, 6) is -0.232. The monoisotopic (exact) mass is 297 g/mol. The van der Waals surface area contributed by atoms with E-state index in [0.29, 0.717) is 10.7 Å². The van der Waals surface area contributed by atoms with Crippen molar-refractivity contribution in [3.8, 4) is 0 Å². The fourth-order valence-corrected chi connectivity index (χ4v) is 2.21. The Kier molecular flexibility index (Phi) is 3.71. The number of hydrogen-bond acceptors (Lipinski definition) is 2. The first-order valence-corrected chi connectivity index (χ1v) is 6.78. The van der Waals surface area contributed by atoms with E-state index in [1.807, 2.05) is 24.3 Å². The zero-order chi connectivity index (χ0) is 14.7. The summed E-state index contributed by atoms with van der Waals surface area (Å²) in [5, 5.41) is 11.4. The number of hydrogen-bond donors (Lipinski definition) is 2. The van der Waals surface area contributed by atoms with Crippen LogP contribution in [-0.4, -0.2) is 16.1 Å². The molecule has 0 bridgehead atoms. The molecule has 0 aliphatic rings. The van der Waals surface area contributed by atoms with Crippen LogP contribution in [0, 0.1) is 0 Å². The van der Waals surface area contributed by atoms with E-state index in [2.05, 4.69) is 15.5 Å². The normalized spacial score (nSPS) is 11.1. The summed E-state index contributed by atoms with van der Waals surface area (Å²) in [6.07, 6.45) is 3.13. The van der Waals surface area contributed by atoms with Crippen molar-refractivity contribution in [3.63, 3.8) is 0 Å². The Balaban J connectivity index is 1.75. The molecular formula is C16H12ClN3O. The molecule has 5 heteroatoms. The minimum Gasteiger partial charge on any atom is -0.322 e. The van der Waals surface area contributed by atoms with Gasteiger partial charge in [-0.3, -0.25) is 9.89 Å². The topological polar surface area (TPSA) is 57.8 Å². The van der Waals surface area contributed by atoms with Crippen LogP contribution in [0.15, 0.2) is 54.6 Å². The molecule has 1 aromatic heterocycles. The number of nitrogens with one attached hydrogen (secondary N) is 2. The van der Waals surface area contributed by atoms with E-state index in [0.717, 1.165) is 16.6 Å². The Morgan fingerprint density at radius 3 is 2.90 bits per heavy atom. The number of amides is 1. The number of fused-ring (bicyclic) bond motifs is 1. The average molecular weight is 298 g/mol. The zero-order valence-corrected chi connectivity index (χ0v) is 11.8. The van der Waals surface area contributed by atoms with Gasteiger partial charge >= 0.3 is 0 Å². The second kappa shape index (κ2) is 5.81. The van der Waals surface area contributed by atoms with Gasteiger partial charge in [0.25, 0.3) is 0 Å². The first kappa shape index (κ1) is 13.4. The van der Waals surface area contributed by atoms with Crippen LogP contribution in [-0.2, 0) is 4.79 Å². The van der Waals surface area contributed by atoms with Crippen molar-refractivity contribution in [2.75, 3.05) is 5.32 Å². The van der Waals surface area contributed by atoms with Crippen molar-refractivity contribution in [2.24, 2.45) is 0 Å². The molecule has 3 aromatic rings. The summed E-state index contributed by atoms with van der Waals surface area (Å²) >= 11 is 5.87. The highest BCUT2D eigenvalue weighted by Gasteiger charge is 2.02. The maximum Gasteiger partial charge on any atom is 0.248 e. The Bertz CT molecular complexity index is 823. The van der Waals surface area contributed by atoms with Gasteiger partial charge in [0, 0.05) is 22.2 Å². The first-order valence-electron chi connectivity index (χ1n) is 6.40. The highest BCUT2D eigenvalue weighted by atomic mass is 35.5. The molecule has 1 heterocycles. The maximum absolute atomic E-state index is 11.9. The molecule has 0 fully saturated rings. The standard InChI is InChI=1S/C16H12ClN3O/c17-11-4-3-5-12(10-11)18-16(21)9-8-15-13-6-1-2-7-14(13)19-20-15/h1-10H,(H,18,21)(H,19,20)/b9-8+. The van der Waals surface area contributed by atoms with Gasteiger partial charge in [0.2, 0.25) is 5.91 Å². The number of rotatable bonds is 3. The molecule has 1 amide bonds. The van der Waals surface area contributed by atoms with Crippen LogP contribution in [0.3, 0.4) is 0 Å². The van der Waals surface area contributed by atoms with Crippen LogP contribution in [0.25, 0.3) is 17.0 Å². The third-order valence-electron chi connectivity index (χ3n) is 2.98. The zero-order valence-electron chi connectivity index (χ0n) is 11.0. The number of carbonyl (C=O) groups is 1. The van der Waals surface area contributed by atoms with Crippen molar-refractivity contribution in [1.82, 2.24) is 10.2 Å². The fraction of sp³-hybridized carbons (Fsp3) is 0. The molecule has 0 unspecified atom stereocenters. The summed E-state index contributed by atoms with van der Waals surface area (Å²) in [6.45, 7) is 0. The molecule has 21 heavy (non-hydrogen) atoms. The van der Waals surface area contributed by atoms with Crippen LogP contribution in [0.1, 0.15) is 5.69 Å². The molecule has 0 aliphatic heterocycles. The number of carbonyl (C=O) groups excluding carboxylic acids is 1. The van der Waals surface area contributed by atoms with Gasteiger partial charge in [0.15, 0.2) is 0 Å². The summed E-state index contributed by atoms with van der Waals surface area (Å²) in [4.78, 5) is 11.9. The fourth-order valence-electron chi connectivity index (χ4n) is 2.02. The molecule has 4 nitrogen and oxygen atoms in total. The average Bonchev–Trinajstić information content (AvgIpc) is 2.88. The van der Waals surface area contributed by atoms with Crippen molar-refractivity contribution in [3.05, 3.63) is 65.3 Å². The molecule has 0 radical (unpaired) electrons. The third kappa shape index (κ3) is 3.12. The molecule has 3 rings (SSSR count). The van der Waals surface area contributed by atoms with E-state index in [4.69, 9.17) is 11.6 Å². The van der Waals surface area contributed by atoms with E-state index >= 15 is 0 Å². The van der Waals surface area contributed by atoms with Gasteiger partial charge in [0.1, 0.15) is 0 Å². The van der Waals surface area contributed by atoms with E-state index in [1.165, 1.54) is 6.08 Å². The lowest BCUT2D eigenvalue weighted by Gasteiger charge is -2.01. The van der Waals surface area contributed by atoms with E-state index in [-0.39, 0.29) is 5.91 Å². The number of para-hydroxylation sites is 1. The van der Waals surface area contributed by atoms with Crippen molar-refractivity contribution < 1.29 is 4.79 Å². The van der Waals surface area contributed by atoms with Gasteiger partial charge in [-0.05, 0) is 30.3 Å². The van der Waals surface area contributed by atoms with Gasteiger partial charge in [-0.1, -0.05) is 35.9 Å². The third-order valence-corrected chi connectivity index (χ3v) is 3.22. The molecular weight excluding hydrogens is 286 g/mol. The molecule has 0 spiro atoms. The van der Waals surface area contributed by atoms with E-state index in [9.17, 15) is 4.79 Å². The van der Waals surface area contributed by atoms with Gasteiger partial charge in [0.05, 0.1) is 11.2 Å². The molecule has 0 saturated carbocycles. The van der Waals surface area contributed by atoms with E-state index in [1.54, 1.807) is 30.3 Å². The van der Waals surface area contributed by atoms with Gasteiger partial charge in [-0.15, -0.1) is 0 Å². The highest BCUT2D eigenvalue weighted by molar-refractivity contribution is 6.30. The predicted octanol–water partition coefficient (Wildman–Crippen LogP) is 3.87. The lowest BCUT2D eigenvalue weighted by Crippen LogP contribution is -2.07. The Morgan fingerprint density at radius 1 is 1.19 bits per heavy atom. The van der Waals surface area contributed by atoms with Crippen LogP contribution in [0.5, 0.6) is 0 Å². The van der Waals surface area contributed by atoms with Gasteiger partial charge in [-0.2, -0.15) is 5.10 Å². The van der Waals surface area contributed by atoms with Gasteiger partial charge in [-0.25, -0.2) is 0 Å². The van der Waals surface area contributed by atoms with Gasteiger partial charge < -0.3 is 5.32 Å². The molecule has 2 N–H and O–H groups in total. The lowest BCUT2D eigenvalue weighted by molar-refractivity contribution is -0.111. The second-order valence-corrected chi connectivity index (χ2v) is 4.92. The summed E-state index contributed by atoms with van der Waals surface area (Å²) < 4.78 is 0. The molecule has 0 aliphatic carbocycles. The number of nitrogens with zero attached hydrogens (tertiary/aromatic N) is 1. The Labute approximate surface area is 126 Å². The first-order chi connectivity index (χ1) is 10.2. The predicted molar refractivity (Wildman–Crippen MR) is 85.2 cm³/mol. The molecule has 2 aromatic carbocycles. The molecule has 104 valence electrons. The maximum atomic E-state index is 11.9. The van der Waals surface area contributed by atoms with Crippen LogP contribution < -0.4 is 5.32 Å². The van der Waals surface area contributed by atoms with E-state index < -0.39 is 0 Å². The number of H-pyrrole nitrogens is 1. The number of anilines is 1. The molecule has 0 atom stereocenters. The second-order valence-electron chi connectivity index (χ2n) is 4.49. The summed E-state index contributed by atoms with van der Waals surface area (Å²) in [6, 6.07) is 14.8. The minimum absolute atomic E-state index is 0.232. The Morgan fingerprint density at radius 2 is 2.05 bits per heavy atom. The SMILES string of the molecule is O=C(/C=C/c1n[nH]c2ccccc12)Nc1cccc(Cl)c1. The number of aromatic amines is 1. The minimum atomic E-state index is -0.232. The van der Waals surface area contributed by atoms with Crippen LogP contribution in [0.4, 0.5) is 5.69 Å². The van der Waals surface area contributed by atoms with Crippen molar-refractivity contribution in [1.29, 1.82) is 0 Å². The Hall–Kier alpha value is -2.59. The lowest BCUT2D eigenvalue weighted by atomic mass is 10.2. The summed E-state index contributed by atoms with van der Waals surface area (Å²) in [7, 11) is 0. The quantitative estimate of drug-likeness (QED) is 0.721. The van der Waals surface area contributed by atoms with Crippen molar-refractivity contribution in [2.45, 2.75) is 0 Å². The highest BCUT2D eigenvalue weighted by Crippen LogP contribution is 2.17. The smallest absolute Gasteiger partial charge is 0.248 e. The largest absolute Gasteiger partial charge is 0.322 e. The van der Waals surface area contributed by atoms with Crippen LogP contribution >= 0.6 is 11.6 Å². The molecule has 0 saturated heterocycles. The number of halogens is 1. The number of aromatic nitrogens is 2. The van der Waals surface area contributed by atoms with Crippen molar-refractivity contribution >= 4 is 40.2 Å². The summed E-state index contributed by atoms with van der Waals surface area (Å²) in [5.41, 5.74) is 2.32. The van der Waals surface area contributed by atoms with Crippen LogP contribution in [0.2, 0.25) is 5.02 Å².